The van der Waals surface area contributed by atoms with Crippen molar-refractivity contribution in [1.29, 1.82) is 0 Å². The Labute approximate surface area is 91.3 Å². The number of thiocarbonyl (C=S) groups is 1. The van der Waals surface area contributed by atoms with Gasteiger partial charge in [-0.3, -0.25) is 4.79 Å². The van der Waals surface area contributed by atoms with E-state index in [1.165, 1.54) is 16.8 Å². The Morgan fingerprint density at radius 3 is 3.00 bits per heavy atom. The fourth-order valence-corrected chi connectivity index (χ4v) is 2.33. The zero-order valence-corrected chi connectivity index (χ0v) is 9.89. The third-order valence-corrected chi connectivity index (χ3v) is 3.45. The first kappa shape index (κ1) is 11.0. The average molecular weight is 234 g/mol. The van der Waals surface area contributed by atoms with Gasteiger partial charge < -0.3 is 0 Å². The molecule has 1 aliphatic rings. The van der Waals surface area contributed by atoms with E-state index in [1.54, 1.807) is 11.8 Å². The van der Waals surface area contributed by atoms with Crippen molar-refractivity contribution in [3.8, 4) is 0 Å². The van der Waals surface area contributed by atoms with Crippen LogP contribution in [-0.4, -0.2) is 31.8 Å². The number of rotatable bonds is 2. The minimum Gasteiger partial charge on any atom is -0.272 e. The van der Waals surface area contributed by atoms with E-state index in [0.29, 0.717) is 10.1 Å². The van der Waals surface area contributed by atoms with E-state index in [0.717, 1.165) is 10.8 Å². The highest BCUT2D eigenvalue weighted by atomic mass is 32.2. The monoisotopic (exact) mass is 234 g/mol. The smallest absolute Gasteiger partial charge is 0.259 e. The number of carbonyl (C=O) groups excluding carboxylic acids is 1. The van der Waals surface area contributed by atoms with Crippen LogP contribution in [0, 0.1) is 0 Å². The molecule has 1 fully saturated rings. The standard InChI is InChI=1S/C7H10N2OS3/c1-3-12-5(2)8-9-6(10)4-13-7(9)11/h3-4H2,1-2H3. The maximum absolute atomic E-state index is 11.2. The fourth-order valence-electron chi connectivity index (χ4n) is 0.823. The highest BCUT2D eigenvalue weighted by Crippen LogP contribution is 2.20. The van der Waals surface area contributed by atoms with Gasteiger partial charge in [-0.1, -0.05) is 30.9 Å². The Hall–Kier alpha value is -0.0700. The number of hydrogen-bond acceptors (Lipinski definition) is 5. The summed E-state index contributed by atoms with van der Waals surface area (Å²) >= 11 is 7.95. The van der Waals surface area contributed by atoms with Crippen LogP contribution in [0.15, 0.2) is 5.10 Å². The second kappa shape index (κ2) is 4.97. The van der Waals surface area contributed by atoms with Crippen LogP contribution < -0.4 is 0 Å². The molecule has 0 aromatic carbocycles. The third-order valence-electron chi connectivity index (χ3n) is 1.32. The Bertz CT molecular complexity index is 248. The molecule has 0 aromatic heterocycles. The predicted molar refractivity (Wildman–Crippen MR) is 63.1 cm³/mol. The number of nitrogens with zero attached hydrogens (tertiary/aromatic N) is 2. The molecule has 1 heterocycles. The largest absolute Gasteiger partial charge is 0.272 e. The zero-order chi connectivity index (χ0) is 9.84. The number of hydrazone groups is 1. The maximum atomic E-state index is 11.2. The van der Waals surface area contributed by atoms with Gasteiger partial charge in [0.1, 0.15) is 0 Å². The second-order valence-electron chi connectivity index (χ2n) is 2.31. The first-order valence-corrected chi connectivity index (χ1v) is 6.20. The molecule has 3 nitrogen and oxygen atoms in total. The first-order chi connectivity index (χ1) is 6.15. The van der Waals surface area contributed by atoms with Crippen LogP contribution >= 0.6 is 35.7 Å². The summed E-state index contributed by atoms with van der Waals surface area (Å²) in [5.41, 5.74) is 0. The van der Waals surface area contributed by atoms with Gasteiger partial charge in [-0.2, -0.15) is 10.1 Å². The molecule has 6 heteroatoms. The molecule has 0 radical (unpaired) electrons. The molecule has 1 amide bonds. The van der Waals surface area contributed by atoms with E-state index in [4.69, 9.17) is 12.2 Å². The molecular weight excluding hydrogens is 224 g/mol. The van der Waals surface area contributed by atoms with Crippen LogP contribution in [-0.2, 0) is 4.79 Å². The Morgan fingerprint density at radius 2 is 2.54 bits per heavy atom. The highest BCUT2D eigenvalue weighted by molar-refractivity contribution is 8.24. The molecular formula is C7H10N2OS3. The van der Waals surface area contributed by atoms with Crippen LogP contribution in [0.2, 0.25) is 0 Å². The van der Waals surface area contributed by atoms with Crippen LogP contribution in [0.25, 0.3) is 0 Å². The summed E-state index contributed by atoms with van der Waals surface area (Å²) in [6.07, 6.45) is 0. The van der Waals surface area contributed by atoms with E-state index >= 15 is 0 Å². The van der Waals surface area contributed by atoms with Gasteiger partial charge >= 0.3 is 0 Å². The van der Waals surface area contributed by atoms with Crippen LogP contribution in [0.1, 0.15) is 13.8 Å². The lowest BCUT2D eigenvalue weighted by atomic mass is 10.7. The topological polar surface area (TPSA) is 32.7 Å². The van der Waals surface area contributed by atoms with E-state index in [2.05, 4.69) is 5.10 Å². The molecule has 0 spiro atoms. The van der Waals surface area contributed by atoms with E-state index < -0.39 is 0 Å². The molecule has 1 aliphatic heterocycles. The molecule has 0 unspecified atom stereocenters. The Morgan fingerprint density at radius 1 is 1.85 bits per heavy atom. The summed E-state index contributed by atoms with van der Waals surface area (Å²) < 4.78 is 0.557. The predicted octanol–water partition coefficient (Wildman–Crippen LogP) is 1.93. The summed E-state index contributed by atoms with van der Waals surface area (Å²) in [6.45, 7) is 3.93. The zero-order valence-electron chi connectivity index (χ0n) is 7.44. The van der Waals surface area contributed by atoms with E-state index in [-0.39, 0.29) is 5.91 Å². The van der Waals surface area contributed by atoms with Crippen LogP contribution in [0.4, 0.5) is 0 Å². The molecule has 0 atom stereocenters. The van der Waals surface area contributed by atoms with Gasteiger partial charge in [-0.05, 0) is 12.7 Å². The number of thioether (sulfide) groups is 2. The van der Waals surface area contributed by atoms with Gasteiger partial charge in [0.2, 0.25) is 0 Å². The van der Waals surface area contributed by atoms with Crippen molar-refractivity contribution in [2.24, 2.45) is 5.10 Å². The van der Waals surface area contributed by atoms with Gasteiger partial charge in [0.05, 0.1) is 10.8 Å². The van der Waals surface area contributed by atoms with Crippen molar-refractivity contribution < 1.29 is 4.79 Å². The fraction of sp³-hybridized carbons (Fsp3) is 0.571. The summed E-state index contributed by atoms with van der Waals surface area (Å²) in [6, 6.07) is 0. The van der Waals surface area contributed by atoms with Gasteiger partial charge in [0, 0.05) is 0 Å². The van der Waals surface area contributed by atoms with Gasteiger partial charge in [0.15, 0.2) is 4.32 Å². The minimum absolute atomic E-state index is 0.0222. The summed E-state index contributed by atoms with van der Waals surface area (Å²) in [4.78, 5) is 11.2. The number of amides is 1. The molecule has 72 valence electrons. The van der Waals surface area contributed by atoms with Crippen molar-refractivity contribution >= 4 is 51.0 Å². The molecule has 0 saturated carbocycles. The molecule has 0 bridgehead atoms. The van der Waals surface area contributed by atoms with Crippen LogP contribution in [0.5, 0.6) is 0 Å². The first-order valence-electron chi connectivity index (χ1n) is 3.83. The molecule has 0 aromatic rings. The lowest BCUT2D eigenvalue weighted by Gasteiger charge is -2.08. The van der Waals surface area contributed by atoms with Crippen LogP contribution in [0.3, 0.4) is 0 Å². The summed E-state index contributed by atoms with van der Waals surface area (Å²) in [5.74, 6) is 1.36. The number of hydrogen-bond donors (Lipinski definition) is 0. The van der Waals surface area contributed by atoms with Gasteiger partial charge in [0.25, 0.3) is 5.91 Å². The molecule has 1 rings (SSSR count). The summed E-state index contributed by atoms with van der Waals surface area (Å²) in [5, 5.41) is 6.32. The highest BCUT2D eigenvalue weighted by Gasteiger charge is 2.26. The second-order valence-corrected chi connectivity index (χ2v) is 5.38. The minimum atomic E-state index is -0.0222. The Kier molecular flexibility index (Phi) is 4.21. The molecule has 0 aliphatic carbocycles. The molecule has 1 saturated heterocycles. The quantitative estimate of drug-likeness (QED) is 0.415. The number of carbonyl (C=O) groups is 1. The average Bonchev–Trinajstić information content (AvgIpc) is 2.36. The van der Waals surface area contributed by atoms with E-state index in [1.807, 2.05) is 13.8 Å². The van der Waals surface area contributed by atoms with E-state index in [9.17, 15) is 4.79 Å². The van der Waals surface area contributed by atoms with Gasteiger partial charge in [-0.25, -0.2) is 0 Å². The van der Waals surface area contributed by atoms with Crippen molar-refractivity contribution in [3.63, 3.8) is 0 Å². The SMILES string of the molecule is CCSC(C)=NN1C(=O)CSC1=S. The third kappa shape index (κ3) is 2.96. The normalized spacial score (nSPS) is 18.6. The van der Waals surface area contributed by atoms with Crippen molar-refractivity contribution in [2.75, 3.05) is 11.5 Å². The van der Waals surface area contributed by atoms with Gasteiger partial charge in [-0.15, -0.1) is 11.8 Å². The van der Waals surface area contributed by atoms with Crippen molar-refractivity contribution in [1.82, 2.24) is 5.01 Å². The summed E-state index contributed by atoms with van der Waals surface area (Å²) in [7, 11) is 0. The van der Waals surface area contributed by atoms with Crippen molar-refractivity contribution in [2.45, 2.75) is 13.8 Å². The lowest BCUT2D eigenvalue weighted by molar-refractivity contribution is -0.124. The lowest BCUT2D eigenvalue weighted by Crippen LogP contribution is -2.23. The molecule has 0 N–H and O–H groups in total. The molecule has 13 heavy (non-hydrogen) atoms. The van der Waals surface area contributed by atoms with Crippen molar-refractivity contribution in [3.05, 3.63) is 0 Å². The maximum Gasteiger partial charge on any atom is 0.259 e. The Balaban J connectivity index is 2.66.